The van der Waals surface area contributed by atoms with E-state index in [0.717, 1.165) is 26.2 Å². The van der Waals surface area contributed by atoms with E-state index >= 15 is 0 Å². The van der Waals surface area contributed by atoms with Gasteiger partial charge in [-0.2, -0.15) is 0 Å². The molecule has 0 amide bonds. The minimum Gasteiger partial charge on any atom is -0.329 e. The second kappa shape index (κ2) is 6.70. The van der Waals surface area contributed by atoms with Gasteiger partial charge in [-0.1, -0.05) is 18.2 Å². The third-order valence-corrected chi connectivity index (χ3v) is 4.62. The van der Waals surface area contributed by atoms with Gasteiger partial charge in [-0.05, 0) is 44.4 Å². The van der Waals surface area contributed by atoms with E-state index in [0.29, 0.717) is 18.6 Å². The van der Waals surface area contributed by atoms with Gasteiger partial charge < -0.3 is 5.73 Å². The number of hydrogen-bond donors (Lipinski definition) is 1. The molecule has 1 aliphatic rings. The van der Waals surface area contributed by atoms with Crippen LogP contribution < -0.4 is 5.73 Å². The molecule has 3 heteroatoms. The van der Waals surface area contributed by atoms with Gasteiger partial charge in [-0.25, -0.2) is 0 Å². The second-order valence-corrected chi connectivity index (χ2v) is 6.22. The van der Waals surface area contributed by atoms with Crippen molar-refractivity contribution in [3.8, 4) is 0 Å². The zero-order valence-corrected chi connectivity index (χ0v) is 13.4. The number of hydrogen-bond acceptors (Lipinski definition) is 3. The van der Waals surface area contributed by atoms with E-state index in [9.17, 15) is 0 Å². The van der Waals surface area contributed by atoms with E-state index < -0.39 is 0 Å². The summed E-state index contributed by atoms with van der Waals surface area (Å²) in [6, 6.07) is 7.56. The Hall–Kier alpha value is -0.900. The molecular weight excluding hydrogens is 246 g/mol. The van der Waals surface area contributed by atoms with Gasteiger partial charge in [0.2, 0.25) is 0 Å². The van der Waals surface area contributed by atoms with E-state index in [1.54, 1.807) is 0 Å². The van der Waals surface area contributed by atoms with Gasteiger partial charge in [-0.15, -0.1) is 0 Å². The highest BCUT2D eigenvalue weighted by Crippen LogP contribution is 2.27. The first-order chi connectivity index (χ1) is 9.54. The highest BCUT2D eigenvalue weighted by Gasteiger charge is 2.26. The molecule has 0 bridgehead atoms. The van der Waals surface area contributed by atoms with E-state index in [4.69, 9.17) is 5.73 Å². The fraction of sp³-hybridized carbons (Fsp3) is 0.647. The average molecular weight is 275 g/mol. The first-order valence-corrected chi connectivity index (χ1v) is 7.79. The Morgan fingerprint density at radius 1 is 1.00 bits per heavy atom. The number of nitrogens with zero attached hydrogens (tertiary/aromatic N) is 2. The van der Waals surface area contributed by atoms with Gasteiger partial charge in [0, 0.05) is 44.8 Å². The van der Waals surface area contributed by atoms with Crippen LogP contribution in [0, 0.1) is 13.8 Å². The summed E-state index contributed by atoms with van der Waals surface area (Å²) < 4.78 is 0. The molecule has 1 aromatic rings. The highest BCUT2D eigenvalue weighted by molar-refractivity contribution is 5.36. The first-order valence-electron chi connectivity index (χ1n) is 7.79. The van der Waals surface area contributed by atoms with Crippen molar-refractivity contribution in [2.45, 2.75) is 39.8 Å². The van der Waals surface area contributed by atoms with Gasteiger partial charge in [-0.3, -0.25) is 9.80 Å². The van der Waals surface area contributed by atoms with Gasteiger partial charge in [0.1, 0.15) is 0 Å². The van der Waals surface area contributed by atoms with Crippen molar-refractivity contribution >= 4 is 0 Å². The molecule has 1 aliphatic heterocycles. The summed E-state index contributed by atoms with van der Waals surface area (Å²) in [4.78, 5) is 5.11. The van der Waals surface area contributed by atoms with Crippen LogP contribution in [0.4, 0.5) is 0 Å². The molecule has 1 fully saturated rings. The summed E-state index contributed by atoms with van der Waals surface area (Å²) in [7, 11) is 0. The molecule has 1 atom stereocenters. The number of aryl methyl sites for hydroxylation is 2. The molecule has 112 valence electrons. The van der Waals surface area contributed by atoms with Crippen LogP contribution in [0.25, 0.3) is 0 Å². The van der Waals surface area contributed by atoms with Gasteiger partial charge >= 0.3 is 0 Å². The summed E-state index contributed by atoms with van der Waals surface area (Å²) in [6.45, 7) is 14.2. The predicted molar refractivity (Wildman–Crippen MR) is 86.0 cm³/mol. The Kier molecular flexibility index (Phi) is 5.19. The standard InChI is InChI=1S/C17H29N3/c1-13(2)19-8-10-20(11-9-19)16(12-18)17-14(3)6-5-7-15(17)4/h5-7,13,16H,8-12,18H2,1-4H3. The number of benzene rings is 1. The van der Waals surface area contributed by atoms with Gasteiger partial charge in [0.25, 0.3) is 0 Å². The first kappa shape index (κ1) is 15.5. The molecule has 20 heavy (non-hydrogen) atoms. The molecule has 1 aromatic carbocycles. The van der Waals surface area contributed by atoms with Crippen LogP contribution >= 0.6 is 0 Å². The van der Waals surface area contributed by atoms with Crippen LogP contribution in [0.1, 0.15) is 36.6 Å². The monoisotopic (exact) mass is 275 g/mol. The molecule has 0 radical (unpaired) electrons. The van der Waals surface area contributed by atoms with Crippen LogP contribution in [-0.2, 0) is 0 Å². The molecule has 0 spiro atoms. The number of piperazine rings is 1. The van der Waals surface area contributed by atoms with Crippen LogP contribution in [0.3, 0.4) is 0 Å². The van der Waals surface area contributed by atoms with Crippen LogP contribution in [0.2, 0.25) is 0 Å². The van der Waals surface area contributed by atoms with Crippen molar-refractivity contribution < 1.29 is 0 Å². The number of nitrogens with two attached hydrogens (primary N) is 1. The van der Waals surface area contributed by atoms with Crippen molar-refractivity contribution in [1.29, 1.82) is 0 Å². The van der Waals surface area contributed by atoms with Crippen molar-refractivity contribution in [3.63, 3.8) is 0 Å². The average Bonchev–Trinajstić information content (AvgIpc) is 2.43. The Balaban J connectivity index is 2.14. The molecule has 1 unspecified atom stereocenters. The quantitative estimate of drug-likeness (QED) is 0.915. The molecular formula is C17H29N3. The summed E-state index contributed by atoms with van der Waals surface area (Å²) in [5.74, 6) is 0. The lowest BCUT2D eigenvalue weighted by Crippen LogP contribution is -2.51. The van der Waals surface area contributed by atoms with E-state index in [-0.39, 0.29) is 0 Å². The van der Waals surface area contributed by atoms with E-state index in [1.807, 2.05) is 0 Å². The molecule has 3 nitrogen and oxygen atoms in total. The molecule has 0 aromatic heterocycles. The summed E-state index contributed by atoms with van der Waals surface area (Å²) in [5, 5.41) is 0. The maximum absolute atomic E-state index is 6.11. The van der Waals surface area contributed by atoms with Crippen molar-refractivity contribution in [2.24, 2.45) is 5.73 Å². The maximum atomic E-state index is 6.11. The van der Waals surface area contributed by atoms with E-state index in [2.05, 4.69) is 55.7 Å². The third-order valence-electron chi connectivity index (χ3n) is 4.62. The Labute approximate surface area is 123 Å². The lowest BCUT2D eigenvalue weighted by Gasteiger charge is -2.41. The molecule has 1 heterocycles. The SMILES string of the molecule is Cc1cccc(C)c1C(CN)N1CCN(C(C)C)CC1. The maximum Gasteiger partial charge on any atom is 0.0476 e. The Bertz CT molecular complexity index is 414. The van der Waals surface area contributed by atoms with Gasteiger partial charge in [0.05, 0.1) is 0 Å². The minimum absolute atomic E-state index is 0.366. The smallest absolute Gasteiger partial charge is 0.0476 e. The molecule has 2 rings (SSSR count). The molecule has 2 N–H and O–H groups in total. The lowest BCUT2D eigenvalue weighted by atomic mass is 9.94. The van der Waals surface area contributed by atoms with Crippen molar-refractivity contribution in [3.05, 3.63) is 34.9 Å². The molecule has 0 aliphatic carbocycles. The van der Waals surface area contributed by atoms with Crippen LogP contribution in [0.5, 0.6) is 0 Å². The Morgan fingerprint density at radius 3 is 1.95 bits per heavy atom. The largest absolute Gasteiger partial charge is 0.329 e. The third kappa shape index (κ3) is 3.22. The number of rotatable bonds is 4. The predicted octanol–water partition coefficient (Wildman–Crippen LogP) is 2.33. The fourth-order valence-electron chi connectivity index (χ4n) is 3.37. The zero-order chi connectivity index (χ0) is 14.7. The second-order valence-electron chi connectivity index (χ2n) is 6.22. The normalized spacial score (nSPS) is 19.5. The van der Waals surface area contributed by atoms with Gasteiger partial charge in [0.15, 0.2) is 0 Å². The zero-order valence-electron chi connectivity index (χ0n) is 13.4. The summed E-state index contributed by atoms with van der Waals surface area (Å²) in [5.41, 5.74) is 10.3. The van der Waals surface area contributed by atoms with Crippen LogP contribution in [0.15, 0.2) is 18.2 Å². The van der Waals surface area contributed by atoms with Crippen molar-refractivity contribution in [1.82, 2.24) is 9.80 Å². The minimum atomic E-state index is 0.366. The molecule has 1 saturated heterocycles. The topological polar surface area (TPSA) is 32.5 Å². The summed E-state index contributed by atoms with van der Waals surface area (Å²) in [6.07, 6.45) is 0. The Morgan fingerprint density at radius 2 is 1.50 bits per heavy atom. The molecule has 0 saturated carbocycles. The van der Waals surface area contributed by atoms with Crippen LogP contribution in [-0.4, -0.2) is 48.6 Å². The highest BCUT2D eigenvalue weighted by atomic mass is 15.3. The lowest BCUT2D eigenvalue weighted by molar-refractivity contribution is 0.0798. The van der Waals surface area contributed by atoms with E-state index in [1.165, 1.54) is 16.7 Å². The van der Waals surface area contributed by atoms with Crippen molar-refractivity contribution in [2.75, 3.05) is 32.7 Å². The summed E-state index contributed by atoms with van der Waals surface area (Å²) >= 11 is 0. The fourth-order valence-corrected chi connectivity index (χ4v) is 3.37.